The Hall–Kier alpha value is -1.34. The lowest BCUT2D eigenvalue weighted by molar-refractivity contribution is -0.173. The molecule has 2 bridgehead atoms. The van der Waals surface area contributed by atoms with E-state index in [1.54, 1.807) is 0 Å². The lowest BCUT2D eigenvalue weighted by Gasteiger charge is -2.59. The summed E-state index contributed by atoms with van der Waals surface area (Å²) < 4.78 is 0. The first-order chi connectivity index (χ1) is 10.5. The summed E-state index contributed by atoms with van der Waals surface area (Å²) in [4.78, 5) is 4.82. The first kappa shape index (κ1) is 15.6. The molecule has 2 aliphatic rings. The maximum atomic E-state index is 10.9. The average molecular weight is 298 g/mol. The highest BCUT2D eigenvalue weighted by Crippen LogP contribution is 2.45. The van der Waals surface area contributed by atoms with Crippen molar-refractivity contribution in [3.05, 3.63) is 35.9 Å². The standard InChI is InChI=1S/C19H26N2O/c1-4-10-20-12-18(2)14-21(11-16-8-6-5-7-9-16)15-19(3,13-20)17(18)22/h1,5-9,17,22H,10-15H2,2-3H3. The van der Waals surface area contributed by atoms with Crippen LogP contribution < -0.4 is 0 Å². The fourth-order valence-electron chi connectivity index (χ4n) is 4.64. The molecule has 3 heteroatoms. The van der Waals surface area contributed by atoms with Crippen LogP contribution in [0.3, 0.4) is 0 Å². The summed E-state index contributed by atoms with van der Waals surface area (Å²) in [6.07, 6.45) is 5.23. The quantitative estimate of drug-likeness (QED) is 0.863. The number of nitrogens with zero attached hydrogens (tertiary/aromatic N) is 2. The van der Waals surface area contributed by atoms with Gasteiger partial charge in [-0.1, -0.05) is 50.1 Å². The minimum absolute atomic E-state index is 0.114. The molecule has 2 atom stereocenters. The Labute approximate surface area is 133 Å². The molecule has 3 rings (SSSR count). The Balaban J connectivity index is 1.79. The van der Waals surface area contributed by atoms with Crippen molar-refractivity contribution in [3.8, 4) is 12.3 Å². The van der Waals surface area contributed by atoms with Gasteiger partial charge in [0.05, 0.1) is 12.6 Å². The second-order valence-electron chi connectivity index (χ2n) is 7.69. The third kappa shape index (κ3) is 2.79. The number of hydrogen-bond acceptors (Lipinski definition) is 3. The number of fused-ring (bicyclic) bond motifs is 2. The van der Waals surface area contributed by atoms with E-state index in [-0.39, 0.29) is 16.9 Å². The van der Waals surface area contributed by atoms with Crippen molar-refractivity contribution < 1.29 is 5.11 Å². The number of aliphatic hydroxyl groups excluding tert-OH is 1. The van der Waals surface area contributed by atoms with Crippen LogP contribution in [-0.4, -0.2) is 53.7 Å². The molecular weight excluding hydrogens is 272 g/mol. The smallest absolute Gasteiger partial charge is 0.0696 e. The van der Waals surface area contributed by atoms with Crippen LogP contribution >= 0.6 is 0 Å². The van der Waals surface area contributed by atoms with Gasteiger partial charge >= 0.3 is 0 Å². The first-order valence-electron chi connectivity index (χ1n) is 8.05. The molecule has 0 saturated carbocycles. The first-order valence-corrected chi connectivity index (χ1v) is 8.05. The van der Waals surface area contributed by atoms with Crippen LogP contribution in [0.2, 0.25) is 0 Å². The molecule has 2 unspecified atom stereocenters. The summed E-state index contributed by atoms with van der Waals surface area (Å²) >= 11 is 0. The van der Waals surface area contributed by atoms with Crippen molar-refractivity contribution in [1.82, 2.24) is 9.80 Å². The van der Waals surface area contributed by atoms with Crippen LogP contribution in [0.4, 0.5) is 0 Å². The van der Waals surface area contributed by atoms with Gasteiger partial charge in [-0.3, -0.25) is 9.80 Å². The largest absolute Gasteiger partial charge is 0.392 e. The SMILES string of the molecule is C#CCN1CC2(C)CN(Cc3ccccc3)CC(C)(C1)C2O. The molecule has 2 saturated heterocycles. The van der Waals surface area contributed by atoms with Crippen LogP contribution in [0.5, 0.6) is 0 Å². The summed E-state index contributed by atoms with van der Waals surface area (Å²) in [5.41, 5.74) is 1.11. The topological polar surface area (TPSA) is 26.7 Å². The minimum Gasteiger partial charge on any atom is -0.392 e. The number of rotatable bonds is 3. The number of likely N-dealkylation sites (tertiary alicyclic amines) is 2. The molecule has 2 heterocycles. The van der Waals surface area contributed by atoms with Gasteiger partial charge < -0.3 is 5.11 Å². The lowest BCUT2D eigenvalue weighted by Crippen LogP contribution is -2.69. The molecule has 0 radical (unpaired) electrons. The molecule has 0 aromatic heterocycles. The van der Waals surface area contributed by atoms with Crippen molar-refractivity contribution in [3.63, 3.8) is 0 Å². The third-order valence-corrected chi connectivity index (χ3v) is 5.22. The molecular formula is C19H26N2O. The van der Waals surface area contributed by atoms with Crippen molar-refractivity contribution in [2.75, 3.05) is 32.7 Å². The second kappa shape index (κ2) is 5.70. The normalized spacial score (nSPS) is 36.0. The van der Waals surface area contributed by atoms with E-state index < -0.39 is 0 Å². The maximum absolute atomic E-state index is 10.9. The molecule has 118 valence electrons. The van der Waals surface area contributed by atoms with E-state index in [9.17, 15) is 5.11 Å². The van der Waals surface area contributed by atoms with Gasteiger partial charge in [0.2, 0.25) is 0 Å². The van der Waals surface area contributed by atoms with Gasteiger partial charge in [0.25, 0.3) is 0 Å². The van der Waals surface area contributed by atoms with Crippen molar-refractivity contribution in [1.29, 1.82) is 0 Å². The van der Waals surface area contributed by atoms with Crippen LogP contribution in [0, 0.1) is 23.2 Å². The van der Waals surface area contributed by atoms with Crippen LogP contribution in [-0.2, 0) is 6.54 Å². The second-order valence-corrected chi connectivity index (χ2v) is 7.69. The molecule has 1 aromatic carbocycles. The van der Waals surface area contributed by atoms with E-state index in [1.807, 2.05) is 0 Å². The van der Waals surface area contributed by atoms with E-state index in [0.717, 1.165) is 32.7 Å². The van der Waals surface area contributed by atoms with Crippen molar-refractivity contribution in [2.24, 2.45) is 10.8 Å². The minimum atomic E-state index is -0.263. The predicted octanol–water partition coefficient (Wildman–Crippen LogP) is 1.82. The molecule has 22 heavy (non-hydrogen) atoms. The van der Waals surface area contributed by atoms with Gasteiger partial charge in [-0.2, -0.15) is 0 Å². The third-order valence-electron chi connectivity index (χ3n) is 5.22. The van der Waals surface area contributed by atoms with Gasteiger partial charge in [-0.15, -0.1) is 6.42 Å². The number of benzene rings is 1. The highest BCUT2D eigenvalue weighted by Gasteiger charge is 2.55. The molecule has 0 spiro atoms. The van der Waals surface area contributed by atoms with Crippen LogP contribution in [0.15, 0.2) is 30.3 Å². The van der Waals surface area contributed by atoms with Gasteiger partial charge in [0.1, 0.15) is 0 Å². The monoisotopic (exact) mass is 298 g/mol. The van der Waals surface area contributed by atoms with Crippen LogP contribution in [0.25, 0.3) is 0 Å². The summed E-state index contributed by atoms with van der Waals surface area (Å²) in [6, 6.07) is 10.6. The zero-order valence-corrected chi connectivity index (χ0v) is 13.6. The van der Waals surface area contributed by atoms with E-state index in [0.29, 0.717) is 6.54 Å². The average Bonchev–Trinajstić information content (AvgIpc) is 2.44. The molecule has 0 aliphatic carbocycles. The maximum Gasteiger partial charge on any atom is 0.0696 e. The number of terminal acetylenes is 1. The number of aliphatic hydroxyl groups is 1. The highest BCUT2D eigenvalue weighted by molar-refractivity contribution is 5.16. The van der Waals surface area contributed by atoms with Crippen molar-refractivity contribution in [2.45, 2.75) is 26.5 Å². The summed E-state index contributed by atoms with van der Waals surface area (Å²) in [5.74, 6) is 2.76. The molecule has 3 nitrogen and oxygen atoms in total. The molecule has 1 N–H and O–H groups in total. The van der Waals surface area contributed by atoms with Crippen LogP contribution in [0.1, 0.15) is 19.4 Å². The van der Waals surface area contributed by atoms with Gasteiger partial charge in [0, 0.05) is 43.6 Å². The van der Waals surface area contributed by atoms with E-state index in [2.05, 4.69) is 59.9 Å². The fraction of sp³-hybridized carbons (Fsp3) is 0.579. The Kier molecular flexibility index (Phi) is 4.03. The van der Waals surface area contributed by atoms with Crippen molar-refractivity contribution >= 4 is 0 Å². The van der Waals surface area contributed by atoms with E-state index >= 15 is 0 Å². The molecule has 2 fully saturated rings. The zero-order valence-electron chi connectivity index (χ0n) is 13.6. The highest BCUT2D eigenvalue weighted by atomic mass is 16.3. The molecule has 2 aliphatic heterocycles. The Morgan fingerprint density at radius 1 is 1.09 bits per heavy atom. The fourth-order valence-corrected chi connectivity index (χ4v) is 4.64. The summed E-state index contributed by atoms with van der Waals surface area (Å²) in [6.45, 7) is 9.62. The van der Waals surface area contributed by atoms with Gasteiger partial charge in [0.15, 0.2) is 0 Å². The number of hydrogen-bond donors (Lipinski definition) is 1. The van der Waals surface area contributed by atoms with E-state index in [1.165, 1.54) is 5.56 Å². The van der Waals surface area contributed by atoms with Gasteiger partial charge in [-0.25, -0.2) is 0 Å². The summed E-state index contributed by atoms with van der Waals surface area (Å²) in [5, 5.41) is 10.9. The Morgan fingerprint density at radius 3 is 2.18 bits per heavy atom. The lowest BCUT2D eigenvalue weighted by atomic mass is 9.63. The Bertz CT molecular complexity index is 545. The predicted molar refractivity (Wildman–Crippen MR) is 89.2 cm³/mol. The zero-order chi connectivity index (χ0) is 15.8. The Morgan fingerprint density at radius 2 is 1.64 bits per heavy atom. The van der Waals surface area contributed by atoms with Gasteiger partial charge in [-0.05, 0) is 5.56 Å². The molecule has 1 aromatic rings. The summed E-state index contributed by atoms with van der Waals surface area (Å²) in [7, 11) is 0. The van der Waals surface area contributed by atoms with E-state index in [4.69, 9.17) is 6.42 Å². The molecule has 0 amide bonds. The number of piperidine rings is 2.